The number of nitrogens with one attached hydrogen (secondary N) is 2. The van der Waals surface area contributed by atoms with Crippen LogP contribution in [0.2, 0.25) is 0 Å². The highest BCUT2D eigenvalue weighted by atomic mass is 16.6. The molecular weight excluding hydrogens is 672 g/mol. The molecule has 0 aliphatic carbocycles. The third-order valence-corrected chi connectivity index (χ3v) is 9.26. The maximum Gasteiger partial charge on any atom is 0.297 e. The van der Waals surface area contributed by atoms with Crippen molar-refractivity contribution < 1.29 is 19.7 Å². The van der Waals surface area contributed by atoms with Crippen molar-refractivity contribution in [1.82, 2.24) is 9.97 Å². The maximum absolute atomic E-state index is 12.7. The lowest BCUT2D eigenvalue weighted by Gasteiger charge is -2.14. The number of allylic oxidation sites excluding steroid dienone is 2. The molecule has 0 unspecified atom stereocenters. The number of rotatable bonds is 6. The summed E-state index contributed by atoms with van der Waals surface area (Å²) in [6.45, 7) is 10.8. The zero-order chi connectivity index (χ0) is 37.5. The van der Waals surface area contributed by atoms with Gasteiger partial charge >= 0.3 is 0 Å². The summed E-state index contributed by atoms with van der Waals surface area (Å²) in [4.78, 5) is 63.6. The van der Waals surface area contributed by atoms with E-state index in [-0.39, 0.29) is 55.4 Å². The summed E-state index contributed by atoms with van der Waals surface area (Å²) < 4.78 is 0. The molecule has 3 aliphatic rings. The van der Waals surface area contributed by atoms with Crippen molar-refractivity contribution in [3.8, 4) is 0 Å². The van der Waals surface area contributed by atoms with Gasteiger partial charge in [-0.05, 0) is 74.9 Å². The van der Waals surface area contributed by atoms with Crippen LogP contribution in [0.25, 0.3) is 22.5 Å². The first kappa shape index (κ1) is 33.4. The molecule has 4 aromatic rings. The Balaban J connectivity index is 1.81. The number of hydrogen-bond acceptors (Lipinski definition) is 10. The van der Waals surface area contributed by atoms with Crippen LogP contribution in [0.15, 0.2) is 69.9 Å². The van der Waals surface area contributed by atoms with Crippen LogP contribution in [0.5, 0.6) is 0 Å². The standard InChI is InChI=1S/C36H28N8O8/c1-15-7-17(3)29(18(4)8-15)31-33-25(41(45)46)11-21(37-33)23-13-27(43(49)50)35(39-23)32(30-19(5)9-16(2)10-20(30)6)36-28(44(51)52)14-24(40-36)22-12-26(42(47)48)34(31)38-22/h7-14,37,40H,1-6H3. The fourth-order valence-electron chi connectivity index (χ4n) is 7.44. The van der Waals surface area contributed by atoms with Gasteiger partial charge in [0.15, 0.2) is 11.4 Å². The normalized spacial score (nSPS) is 14.9. The second-order valence-electron chi connectivity index (χ2n) is 13.0. The molecule has 0 spiro atoms. The van der Waals surface area contributed by atoms with E-state index in [1.165, 1.54) is 0 Å². The fraction of sp³-hybridized carbons (Fsp3) is 0.167. The second kappa shape index (κ2) is 11.8. The van der Waals surface area contributed by atoms with Crippen LogP contribution in [0.4, 0.5) is 11.4 Å². The molecule has 260 valence electrons. The molecule has 52 heavy (non-hydrogen) atoms. The van der Waals surface area contributed by atoms with Crippen molar-refractivity contribution in [2.45, 2.75) is 41.5 Å². The molecule has 16 heteroatoms. The van der Waals surface area contributed by atoms with Crippen molar-refractivity contribution in [3.63, 3.8) is 0 Å². The third kappa shape index (κ3) is 5.15. The summed E-state index contributed by atoms with van der Waals surface area (Å²) in [5.74, 6) is 0. The fourth-order valence-corrected chi connectivity index (χ4v) is 7.44. The minimum Gasteiger partial charge on any atom is -0.347 e. The summed E-state index contributed by atoms with van der Waals surface area (Å²) in [6, 6.07) is 9.63. The summed E-state index contributed by atoms with van der Waals surface area (Å²) >= 11 is 0. The van der Waals surface area contributed by atoms with Gasteiger partial charge in [0, 0.05) is 35.4 Å². The van der Waals surface area contributed by atoms with E-state index in [9.17, 15) is 40.5 Å². The van der Waals surface area contributed by atoms with Crippen LogP contribution in [-0.4, -0.2) is 41.1 Å². The number of aromatic amines is 2. The zero-order valence-corrected chi connectivity index (χ0v) is 28.6. The van der Waals surface area contributed by atoms with Gasteiger partial charge in [0.05, 0.1) is 41.8 Å². The Morgan fingerprint density at radius 1 is 0.500 bits per heavy atom. The summed E-state index contributed by atoms with van der Waals surface area (Å²) in [5.41, 5.74) is 2.73. The van der Waals surface area contributed by atoms with Crippen LogP contribution in [0.1, 0.15) is 44.5 Å². The molecule has 2 N–H and O–H groups in total. The van der Waals surface area contributed by atoms with E-state index in [4.69, 9.17) is 0 Å². The van der Waals surface area contributed by atoms with Crippen LogP contribution < -0.4 is 21.4 Å². The first-order chi connectivity index (χ1) is 24.5. The Labute approximate surface area is 292 Å². The highest BCUT2D eigenvalue weighted by molar-refractivity contribution is 6.35. The van der Waals surface area contributed by atoms with Gasteiger partial charge in [-0.3, -0.25) is 40.5 Å². The number of aryl methyl sites for hydroxylation is 6. The molecular formula is C36H28N8O8. The number of aromatic nitrogens is 2. The Hall–Kier alpha value is -7.10. The monoisotopic (exact) mass is 700 g/mol. The van der Waals surface area contributed by atoms with Gasteiger partial charge in [-0.2, -0.15) is 0 Å². The van der Waals surface area contributed by atoms with Gasteiger partial charge in [0.1, 0.15) is 10.7 Å². The van der Waals surface area contributed by atoms with E-state index in [0.29, 0.717) is 33.4 Å². The molecule has 7 rings (SSSR count). The van der Waals surface area contributed by atoms with Gasteiger partial charge in [-0.15, -0.1) is 0 Å². The summed E-state index contributed by atoms with van der Waals surface area (Å²) in [6.07, 6.45) is 2.29. The number of nitro groups is 4. The van der Waals surface area contributed by atoms with E-state index in [1.54, 1.807) is 27.7 Å². The Morgan fingerprint density at radius 2 is 0.827 bits per heavy atom. The van der Waals surface area contributed by atoms with Crippen LogP contribution in [0, 0.1) is 82.0 Å². The highest BCUT2D eigenvalue weighted by Crippen LogP contribution is 2.34. The number of aliphatic imine (C=N–C) groups is 2. The SMILES string of the molecule is Cc1cc(C)c(C2=c3[nH]c(cc3[N+](=O)[O-])=C3C=C([N+](=O)[O-])C(=N3)C(c3c(C)cc(C)cc3C)=c3[nH]c(cc3[N+](=O)[O-])=C3C=C([N+](=O)[O-])C2=N3)c(C)c1. The largest absolute Gasteiger partial charge is 0.347 e. The average molecular weight is 701 g/mol. The highest BCUT2D eigenvalue weighted by Gasteiger charge is 2.37. The smallest absolute Gasteiger partial charge is 0.297 e. The van der Waals surface area contributed by atoms with E-state index in [2.05, 4.69) is 20.0 Å². The van der Waals surface area contributed by atoms with E-state index in [0.717, 1.165) is 35.4 Å². The lowest BCUT2D eigenvalue weighted by molar-refractivity contribution is -0.414. The Kier molecular flexibility index (Phi) is 7.55. The molecule has 5 heterocycles. The van der Waals surface area contributed by atoms with Gasteiger partial charge in [0.25, 0.3) is 22.8 Å². The lowest BCUT2D eigenvalue weighted by atomic mass is 9.90. The number of benzene rings is 2. The second-order valence-corrected chi connectivity index (χ2v) is 13.0. The predicted octanol–water partition coefficient (Wildman–Crippen LogP) is 3.57. The van der Waals surface area contributed by atoms with Crippen molar-refractivity contribution >= 4 is 45.3 Å². The van der Waals surface area contributed by atoms with Crippen LogP contribution in [0.3, 0.4) is 0 Å². The van der Waals surface area contributed by atoms with E-state index >= 15 is 0 Å². The van der Waals surface area contributed by atoms with Crippen molar-refractivity contribution in [2.24, 2.45) is 9.98 Å². The van der Waals surface area contributed by atoms with Gasteiger partial charge < -0.3 is 9.97 Å². The molecule has 0 saturated carbocycles. The Bertz CT molecular complexity index is 2570. The zero-order valence-electron chi connectivity index (χ0n) is 28.6. The van der Waals surface area contributed by atoms with Gasteiger partial charge in [0.2, 0.25) is 0 Å². The summed E-state index contributed by atoms with van der Waals surface area (Å²) in [5, 5.41) is 50.6. The number of H-pyrrole nitrogens is 2. The number of hydrogen-bond donors (Lipinski definition) is 2. The molecule has 0 fully saturated rings. The molecule has 0 radical (unpaired) electrons. The molecule has 0 saturated heterocycles. The van der Waals surface area contributed by atoms with Crippen LogP contribution in [-0.2, 0) is 0 Å². The summed E-state index contributed by atoms with van der Waals surface area (Å²) in [7, 11) is 0. The molecule has 3 aliphatic heterocycles. The first-order valence-electron chi connectivity index (χ1n) is 15.9. The first-order valence-corrected chi connectivity index (χ1v) is 15.9. The molecule has 2 aromatic heterocycles. The molecule has 0 atom stereocenters. The van der Waals surface area contributed by atoms with Gasteiger partial charge in [-0.25, -0.2) is 9.98 Å². The van der Waals surface area contributed by atoms with E-state index in [1.807, 2.05) is 38.1 Å². The number of fused-ring (bicyclic) bond motifs is 6. The third-order valence-electron chi connectivity index (χ3n) is 9.26. The van der Waals surface area contributed by atoms with Crippen molar-refractivity contribution in [1.29, 1.82) is 0 Å². The Morgan fingerprint density at radius 3 is 1.12 bits per heavy atom. The van der Waals surface area contributed by atoms with Gasteiger partial charge in [-0.1, -0.05) is 35.4 Å². The number of nitrogens with zero attached hydrogens (tertiary/aromatic N) is 6. The quantitative estimate of drug-likeness (QED) is 0.223. The lowest BCUT2D eigenvalue weighted by Crippen LogP contribution is -2.25. The molecule has 8 bridgehead atoms. The predicted molar refractivity (Wildman–Crippen MR) is 192 cm³/mol. The average Bonchev–Trinajstić information content (AvgIpc) is 3.84. The molecule has 16 nitrogen and oxygen atoms in total. The van der Waals surface area contributed by atoms with Crippen LogP contribution >= 0.6 is 0 Å². The van der Waals surface area contributed by atoms with E-state index < -0.39 is 42.5 Å². The maximum atomic E-state index is 12.7. The minimum atomic E-state index is -0.665. The van der Waals surface area contributed by atoms with Crippen molar-refractivity contribution in [3.05, 3.63) is 166 Å². The molecule has 2 aromatic carbocycles. The van der Waals surface area contributed by atoms with Crippen molar-refractivity contribution in [2.75, 3.05) is 0 Å². The molecule has 0 amide bonds. The minimum absolute atomic E-state index is 0.000773. The topological polar surface area (TPSA) is 229 Å².